The average Bonchev–Trinajstić information content (AvgIpc) is 2.14. The highest BCUT2D eigenvalue weighted by Gasteiger charge is 2.21. The molecule has 0 amide bonds. The molecule has 5 heteroatoms. The van der Waals surface area contributed by atoms with Crippen LogP contribution in [0.3, 0.4) is 0 Å². The van der Waals surface area contributed by atoms with Crippen LogP contribution in [0, 0.1) is 0 Å². The average molecular weight is 190 g/mol. The van der Waals surface area contributed by atoms with Crippen molar-refractivity contribution in [2.24, 2.45) is 0 Å². The van der Waals surface area contributed by atoms with E-state index in [9.17, 15) is 9.59 Å². The SMILES string of the molecule is COC(=O)C(C)OC(=O)C(C)OC. The fraction of sp³-hybridized carbons (Fsp3) is 0.750. The zero-order valence-corrected chi connectivity index (χ0v) is 8.20. The Morgan fingerprint density at radius 2 is 1.54 bits per heavy atom. The highest BCUT2D eigenvalue weighted by Crippen LogP contribution is 1.99. The Hall–Kier alpha value is -1.10. The lowest BCUT2D eigenvalue weighted by molar-refractivity contribution is -0.170. The molecule has 0 fully saturated rings. The van der Waals surface area contributed by atoms with Gasteiger partial charge >= 0.3 is 11.9 Å². The van der Waals surface area contributed by atoms with Crippen LogP contribution in [0.2, 0.25) is 0 Å². The third-order valence-corrected chi connectivity index (χ3v) is 1.51. The molecule has 0 aliphatic rings. The topological polar surface area (TPSA) is 61.8 Å². The van der Waals surface area contributed by atoms with Crippen LogP contribution in [-0.2, 0) is 23.8 Å². The van der Waals surface area contributed by atoms with Crippen LogP contribution in [0.5, 0.6) is 0 Å². The first-order valence-corrected chi connectivity index (χ1v) is 3.84. The van der Waals surface area contributed by atoms with Crippen molar-refractivity contribution >= 4 is 11.9 Å². The number of methoxy groups -OCH3 is 2. The smallest absolute Gasteiger partial charge is 0.346 e. The lowest BCUT2D eigenvalue weighted by atomic mass is 10.4. The number of carbonyl (C=O) groups excluding carboxylic acids is 2. The third kappa shape index (κ3) is 3.89. The minimum Gasteiger partial charge on any atom is -0.466 e. The lowest BCUT2D eigenvalue weighted by Gasteiger charge is -2.13. The normalized spacial score (nSPS) is 14.5. The monoisotopic (exact) mass is 190 g/mol. The second kappa shape index (κ2) is 5.53. The van der Waals surface area contributed by atoms with Gasteiger partial charge in [0.05, 0.1) is 7.11 Å². The summed E-state index contributed by atoms with van der Waals surface area (Å²) in [6.07, 6.45) is -1.57. The van der Waals surface area contributed by atoms with Crippen LogP contribution in [0.15, 0.2) is 0 Å². The summed E-state index contributed by atoms with van der Waals surface area (Å²) in [6, 6.07) is 0. The van der Waals surface area contributed by atoms with Crippen molar-refractivity contribution in [3.05, 3.63) is 0 Å². The second-order valence-electron chi connectivity index (χ2n) is 2.48. The maximum atomic E-state index is 11.0. The van der Waals surface area contributed by atoms with Crippen molar-refractivity contribution < 1.29 is 23.8 Å². The Labute approximate surface area is 77.0 Å². The van der Waals surface area contributed by atoms with E-state index in [0.717, 1.165) is 0 Å². The third-order valence-electron chi connectivity index (χ3n) is 1.51. The molecule has 0 saturated heterocycles. The van der Waals surface area contributed by atoms with E-state index in [1.807, 2.05) is 0 Å². The summed E-state index contributed by atoms with van der Waals surface area (Å²) in [5, 5.41) is 0. The first-order valence-electron chi connectivity index (χ1n) is 3.84. The molecule has 0 spiro atoms. The highest BCUT2D eigenvalue weighted by molar-refractivity contribution is 5.80. The molecule has 0 aliphatic carbocycles. The Bertz CT molecular complexity index is 189. The van der Waals surface area contributed by atoms with Crippen LogP contribution in [-0.4, -0.2) is 38.4 Å². The van der Waals surface area contributed by atoms with E-state index in [-0.39, 0.29) is 0 Å². The standard InChI is InChI=1S/C8H14O5/c1-5(11-3)8(10)13-6(2)7(9)12-4/h5-6H,1-4H3. The maximum absolute atomic E-state index is 11.0. The van der Waals surface area contributed by atoms with Gasteiger partial charge in [0.2, 0.25) is 0 Å². The largest absolute Gasteiger partial charge is 0.466 e. The lowest BCUT2D eigenvalue weighted by Crippen LogP contribution is -2.31. The van der Waals surface area contributed by atoms with Crippen LogP contribution < -0.4 is 0 Å². The molecule has 0 bridgehead atoms. The molecule has 2 unspecified atom stereocenters. The second-order valence-corrected chi connectivity index (χ2v) is 2.48. The van der Waals surface area contributed by atoms with Gasteiger partial charge in [-0.3, -0.25) is 0 Å². The van der Waals surface area contributed by atoms with Crippen molar-refractivity contribution in [2.75, 3.05) is 14.2 Å². The molecular weight excluding hydrogens is 176 g/mol. The van der Waals surface area contributed by atoms with Gasteiger partial charge in [0, 0.05) is 7.11 Å². The molecule has 0 aromatic rings. The Morgan fingerprint density at radius 3 is 1.92 bits per heavy atom. The number of hydrogen-bond acceptors (Lipinski definition) is 5. The van der Waals surface area contributed by atoms with Gasteiger partial charge in [-0.05, 0) is 13.8 Å². The van der Waals surface area contributed by atoms with Crippen molar-refractivity contribution in [3.8, 4) is 0 Å². The van der Waals surface area contributed by atoms with Crippen molar-refractivity contribution in [1.29, 1.82) is 0 Å². The van der Waals surface area contributed by atoms with E-state index in [0.29, 0.717) is 0 Å². The highest BCUT2D eigenvalue weighted by atomic mass is 16.6. The molecule has 2 atom stereocenters. The number of rotatable bonds is 4. The Balaban J connectivity index is 3.98. The van der Waals surface area contributed by atoms with Gasteiger partial charge in [0.25, 0.3) is 0 Å². The maximum Gasteiger partial charge on any atom is 0.346 e. The van der Waals surface area contributed by atoms with E-state index in [1.54, 1.807) is 0 Å². The molecule has 0 heterocycles. The fourth-order valence-corrected chi connectivity index (χ4v) is 0.580. The summed E-state index contributed by atoms with van der Waals surface area (Å²) in [5.74, 6) is -1.17. The van der Waals surface area contributed by atoms with Gasteiger partial charge in [0.15, 0.2) is 12.2 Å². The quantitative estimate of drug-likeness (QED) is 0.589. The number of carbonyl (C=O) groups is 2. The predicted molar refractivity (Wildman–Crippen MR) is 44.0 cm³/mol. The van der Waals surface area contributed by atoms with Gasteiger partial charge in [0.1, 0.15) is 0 Å². The van der Waals surface area contributed by atoms with E-state index >= 15 is 0 Å². The van der Waals surface area contributed by atoms with Gasteiger partial charge in [-0.1, -0.05) is 0 Å². The molecule has 76 valence electrons. The van der Waals surface area contributed by atoms with Gasteiger partial charge in [-0.2, -0.15) is 0 Å². The summed E-state index contributed by atoms with van der Waals surface area (Å²) in [4.78, 5) is 21.9. The van der Waals surface area contributed by atoms with Crippen molar-refractivity contribution in [3.63, 3.8) is 0 Å². The molecule has 0 aliphatic heterocycles. The molecule has 13 heavy (non-hydrogen) atoms. The molecule has 0 rings (SSSR count). The molecule has 5 nitrogen and oxygen atoms in total. The summed E-state index contributed by atoms with van der Waals surface area (Å²) in [5.41, 5.74) is 0. The van der Waals surface area contributed by atoms with Crippen LogP contribution in [0.25, 0.3) is 0 Å². The summed E-state index contributed by atoms with van der Waals surface area (Å²) in [7, 11) is 2.61. The summed E-state index contributed by atoms with van der Waals surface area (Å²) >= 11 is 0. The van der Waals surface area contributed by atoms with Crippen molar-refractivity contribution in [2.45, 2.75) is 26.1 Å². The minimum absolute atomic E-state index is 0.583. The molecule has 0 aromatic heterocycles. The predicted octanol–water partition coefficient (Wildman–Crippen LogP) is 0.126. The zero-order chi connectivity index (χ0) is 10.4. The van der Waals surface area contributed by atoms with Crippen LogP contribution in [0.4, 0.5) is 0 Å². The zero-order valence-electron chi connectivity index (χ0n) is 8.20. The minimum atomic E-state index is -0.893. The van der Waals surface area contributed by atoms with E-state index in [4.69, 9.17) is 9.47 Å². The number of esters is 2. The van der Waals surface area contributed by atoms with E-state index in [1.165, 1.54) is 28.1 Å². The first-order chi connectivity index (χ1) is 6.02. The fourth-order valence-electron chi connectivity index (χ4n) is 0.580. The number of hydrogen-bond donors (Lipinski definition) is 0. The molecule has 0 aromatic carbocycles. The van der Waals surface area contributed by atoms with Crippen LogP contribution in [0.1, 0.15) is 13.8 Å². The molecule has 0 N–H and O–H groups in total. The Kier molecular flexibility index (Phi) is 5.06. The van der Waals surface area contributed by atoms with E-state index in [2.05, 4.69) is 4.74 Å². The Morgan fingerprint density at radius 1 is 1.00 bits per heavy atom. The van der Waals surface area contributed by atoms with Gasteiger partial charge < -0.3 is 14.2 Å². The molecular formula is C8H14O5. The molecule has 0 radical (unpaired) electrons. The van der Waals surface area contributed by atoms with Gasteiger partial charge in [-0.15, -0.1) is 0 Å². The van der Waals surface area contributed by atoms with Crippen molar-refractivity contribution in [1.82, 2.24) is 0 Å². The first kappa shape index (κ1) is 11.9. The summed E-state index contributed by atoms with van der Waals surface area (Å²) < 4.78 is 13.8. The number of ether oxygens (including phenoxy) is 3. The van der Waals surface area contributed by atoms with E-state index < -0.39 is 24.1 Å². The van der Waals surface area contributed by atoms with Gasteiger partial charge in [-0.25, -0.2) is 9.59 Å². The molecule has 0 saturated carbocycles. The summed E-state index contributed by atoms with van der Waals surface area (Å²) in [6.45, 7) is 2.97. The van der Waals surface area contributed by atoms with Crippen LogP contribution >= 0.6 is 0 Å².